The smallest absolute Gasteiger partial charge is 0.256 e. The van der Waals surface area contributed by atoms with Crippen molar-refractivity contribution in [1.82, 2.24) is 5.32 Å². The number of rotatable bonds is 3. The van der Waals surface area contributed by atoms with Gasteiger partial charge in [-0.2, -0.15) is 5.26 Å². The number of hydrogen-bond acceptors (Lipinski definition) is 3. The minimum absolute atomic E-state index is 0.183. The molecule has 1 aromatic heterocycles. The average molecular weight is 274 g/mol. The number of furan rings is 1. The van der Waals surface area contributed by atoms with E-state index in [0.717, 1.165) is 38.5 Å². The van der Waals surface area contributed by atoms with Crippen LogP contribution in [0.1, 0.15) is 68.0 Å². The molecule has 0 saturated heterocycles. The van der Waals surface area contributed by atoms with E-state index in [1.165, 1.54) is 12.7 Å². The molecule has 1 saturated carbocycles. The van der Waals surface area contributed by atoms with Crippen LogP contribution in [0.2, 0.25) is 0 Å². The highest BCUT2D eigenvalue weighted by Gasteiger charge is 2.33. The molecule has 1 N–H and O–H groups in total. The molecular formula is C16H22N2O2. The van der Waals surface area contributed by atoms with Crippen LogP contribution in [0.25, 0.3) is 0 Å². The molecule has 1 amide bonds. The number of nitrogens with one attached hydrogen (secondary N) is 1. The van der Waals surface area contributed by atoms with E-state index < -0.39 is 5.54 Å². The molecule has 1 heterocycles. The second-order valence-corrected chi connectivity index (χ2v) is 5.53. The second kappa shape index (κ2) is 6.60. The molecule has 108 valence electrons. The maximum absolute atomic E-state index is 12.4. The lowest BCUT2D eigenvalue weighted by Gasteiger charge is -2.29. The average Bonchev–Trinajstić information content (AvgIpc) is 2.90. The molecule has 4 heteroatoms. The summed E-state index contributed by atoms with van der Waals surface area (Å²) in [7, 11) is 0. The van der Waals surface area contributed by atoms with Crippen LogP contribution in [-0.4, -0.2) is 11.4 Å². The van der Waals surface area contributed by atoms with E-state index >= 15 is 0 Å². The third-order valence-electron chi connectivity index (χ3n) is 4.09. The predicted octanol–water partition coefficient (Wildman–Crippen LogP) is 3.58. The first kappa shape index (κ1) is 14.6. The summed E-state index contributed by atoms with van der Waals surface area (Å²) in [6, 6.07) is 4.04. The van der Waals surface area contributed by atoms with Crippen LogP contribution in [0.15, 0.2) is 16.7 Å². The molecule has 4 nitrogen and oxygen atoms in total. The highest BCUT2D eigenvalue weighted by atomic mass is 16.3. The van der Waals surface area contributed by atoms with Crippen LogP contribution in [0.4, 0.5) is 0 Å². The summed E-state index contributed by atoms with van der Waals surface area (Å²) < 4.78 is 5.29. The number of aryl methyl sites for hydroxylation is 1. The van der Waals surface area contributed by atoms with Gasteiger partial charge in [0.25, 0.3) is 5.91 Å². The van der Waals surface area contributed by atoms with Gasteiger partial charge in [-0.05, 0) is 18.9 Å². The number of carbonyl (C=O) groups excluding carboxylic acids is 1. The van der Waals surface area contributed by atoms with Gasteiger partial charge in [-0.15, -0.1) is 0 Å². The van der Waals surface area contributed by atoms with Crippen molar-refractivity contribution in [2.24, 2.45) is 0 Å². The fourth-order valence-electron chi connectivity index (χ4n) is 2.88. The molecule has 0 aromatic carbocycles. The van der Waals surface area contributed by atoms with E-state index in [0.29, 0.717) is 17.7 Å². The molecule has 2 rings (SSSR count). The maximum atomic E-state index is 12.4. The monoisotopic (exact) mass is 274 g/mol. The van der Waals surface area contributed by atoms with Crippen molar-refractivity contribution < 1.29 is 9.21 Å². The van der Waals surface area contributed by atoms with Crippen LogP contribution in [-0.2, 0) is 6.42 Å². The molecular weight excluding hydrogens is 252 g/mol. The topological polar surface area (TPSA) is 66.0 Å². The third-order valence-corrected chi connectivity index (χ3v) is 4.09. The predicted molar refractivity (Wildman–Crippen MR) is 76.2 cm³/mol. The quantitative estimate of drug-likeness (QED) is 0.916. The summed E-state index contributed by atoms with van der Waals surface area (Å²) in [4.78, 5) is 12.4. The molecule has 0 bridgehead atoms. The number of nitriles is 1. The Morgan fingerprint density at radius 2 is 2.00 bits per heavy atom. The van der Waals surface area contributed by atoms with E-state index in [1.807, 2.05) is 6.92 Å². The lowest BCUT2D eigenvalue weighted by atomic mass is 9.85. The zero-order valence-electron chi connectivity index (χ0n) is 12.1. The van der Waals surface area contributed by atoms with Crippen molar-refractivity contribution in [2.45, 2.75) is 63.8 Å². The normalized spacial score (nSPS) is 18.6. The Kier molecular flexibility index (Phi) is 4.84. The molecule has 1 fully saturated rings. The van der Waals surface area contributed by atoms with Gasteiger partial charge in [0.2, 0.25) is 0 Å². The zero-order valence-corrected chi connectivity index (χ0v) is 12.1. The highest BCUT2D eigenvalue weighted by molar-refractivity contribution is 5.95. The summed E-state index contributed by atoms with van der Waals surface area (Å²) in [5.41, 5.74) is -0.149. The highest BCUT2D eigenvalue weighted by Crippen LogP contribution is 2.26. The van der Waals surface area contributed by atoms with E-state index in [2.05, 4.69) is 11.4 Å². The minimum Gasteiger partial charge on any atom is -0.469 e. The summed E-state index contributed by atoms with van der Waals surface area (Å²) >= 11 is 0. The second-order valence-electron chi connectivity index (χ2n) is 5.53. The Hall–Kier alpha value is -1.76. The van der Waals surface area contributed by atoms with Gasteiger partial charge in [0.15, 0.2) is 0 Å². The van der Waals surface area contributed by atoms with Crippen molar-refractivity contribution in [3.63, 3.8) is 0 Å². The lowest BCUT2D eigenvalue weighted by molar-refractivity contribution is 0.0905. The zero-order chi connectivity index (χ0) is 14.4. The Labute approximate surface area is 120 Å². The Balaban J connectivity index is 2.12. The van der Waals surface area contributed by atoms with Crippen molar-refractivity contribution in [3.8, 4) is 6.07 Å². The van der Waals surface area contributed by atoms with Gasteiger partial charge in [0.05, 0.1) is 17.9 Å². The molecule has 1 aliphatic rings. The molecule has 1 aliphatic carbocycles. The molecule has 1 aromatic rings. The minimum atomic E-state index is -0.709. The number of amides is 1. The molecule has 20 heavy (non-hydrogen) atoms. The van der Waals surface area contributed by atoms with E-state index in [4.69, 9.17) is 4.42 Å². The molecule has 0 unspecified atom stereocenters. The van der Waals surface area contributed by atoms with Gasteiger partial charge in [-0.3, -0.25) is 4.79 Å². The van der Waals surface area contributed by atoms with Gasteiger partial charge >= 0.3 is 0 Å². The summed E-state index contributed by atoms with van der Waals surface area (Å²) in [6.07, 6.45) is 9.22. The first-order valence-electron chi connectivity index (χ1n) is 7.51. The number of hydrogen-bond donors (Lipinski definition) is 1. The Morgan fingerprint density at radius 3 is 2.60 bits per heavy atom. The Bertz CT molecular complexity index is 491. The first-order valence-corrected chi connectivity index (χ1v) is 7.51. The first-order chi connectivity index (χ1) is 9.71. The van der Waals surface area contributed by atoms with Crippen molar-refractivity contribution in [2.75, 3.05) is 0 Å². The van der Waals surface area contributed by atoms with Gasteiger partial charge in [-0.1, -0.05) is 39.0 Å². The third kappa shape index (κ3) is 3.22. The number of carbonyl (C=O) groups is 1. The van der Waals surface area contributed by atoms with Crippen LogP contribution in [0, 0.1) is 11.3 Å². The van der Waals surface area contributed by atoms with Crippen LogP contribution >= 0.6 is 0 Å². The van der Waals surface area contributed by atoms with Crippen LogP contribution < -0.4 is 5.32 Å². The SMILES string of the molecule is CCc1occc1C(=O)NC1(C#N)CCCCCCC1. The standard InChI is InChI=1S/C16H22N2O2/c1-2-14-13(8-11-20-14)15(19)18-16(12-17)9-6-4-3-5-7-10-16/h8,11H,2-7,9-10H2,1H3,(H,18,19). The van der Waals surface area contributed by atoms with Gasteiger partial charge in [0, 0.05) is 6.42 Å². The van der Waals surface area contributed by atoms with Crippen molar-refractivity contribution in [1.29, 1.82) is 5.26 Å². The molecule has 0 radical (unpaired) electrons. The fraction of sp³-hybridized carbons (Fsp3) is 0.625. The van der Waals surface area contributed by atoms with Crippen LogP contribution in [0.5, 0.6) is 0 Å². The van der Waals surface area contributed by atoms with Crippen molar-refractivity contribution >= 4 is 5.91 Å². The lowest BCUT2D eigenvalue weighted by Crippen LogP contribution is -2.47. The largest absolute Gasteiger partial charge is 0.469 e. The maximum Gasteiger partial charge on any atom is 0.256 e. The number of nitrogens with zero attached hydrogens (tertiary/aromatic N) is 1. The summed E-state index contributed by atoms with van der Waals surface area (Å²) in [5, 5.41) is 12.5. The molecule has 0 spiro atoms. The fourth-order valence-corrected chi connectivity index (χ4v) is 2.88. The van der Waals surface area contributed by atoms with Gasteiger partial charge in [-0.25, -0.2) is 0 Å². The summed E-state index contributed by atoms with van der Waals surface area (Å²) in [6.45, 7) is 1.95. The Morgan fingerprint density at radius 1 is 1.35 bits per heavy atom. The van der Waals surface area contributed by atoms with E-state index in [1.54, 1.807) is 6.07 Å². The molecule has 0 aliphatic heterocycles. The molecule has 0 atom stereocenters. The van der Waals surface area contributed by atoms with E-state index in [-0.39, 0.29) is 5.91 Å². The van der Waals surface area contributed by atoms with E-state index in [9.17, 15) is 10.1 Å². The van der Waals surface area contributed by atoms with Gasteiger partial charge < -0.3 is 9.73 Å². The van der Waals surface area contributed by atoms with Crippen molar-refractivity contribution in [3.05, 3.63) is 23.7 Å². The van der Waals surface area contributed by atoms with Gasteiger partial charge in [0.1, 0.15) is 11.3 Å². The van der Waals surface area contributed by atoms with Crippen LogP contribution in [0.3, 0.4) is 0 Å². The summed E-state index contributed by atoms with van der Waals surface area (Å²) in [5.74, 6) is 0.499.